The molecule has 12 nitrogen and oxygen atoms in total. The number of para-hydroxylation sites is 3. The van der Waals surface area contributed by atoms with E-state index in [4.69, 9.17) is 24.1 Å². The van der Waals surface area contributed by atoms with Crippen molar-refractivity contribution in [2.24, 2.45) is 21.7 Å². The number of fused-ring (bicyclic) bond motifs is 3. The van der Waals surface area contributed by atoms with Crippen LogP contribution in [0.2, 0.25) is 0 Å². The van der Waals surface area contributed by atoms with Crippen molar-refractivity contribution in [1.29, 1.82) is 21.0 Å². The van der Waals surface area contributed by atoms with Gasteiger partial charge in [0.25, 0.3) is 5.91 Å². The quantitative estimate of drug-likeness (QED) is 0.0908. The highest BCUT2D eigenvalue weighted by Gasteiger charge is 2.18. The molecule has 0 aliphatic rings. The van der Waals surface area contributed by atoms with E-state index in [0.717, 1.165) is 37.4 Å². The van der Waals surface area contributed by atoms with E-state index >= 15 is 0 Å². The van der Waals surface area contributed by atoms with Gasteiger partial charge in [0.05, 0.1) is 22.4 Å². The largest absolute Gasteiger partial charge is 0.435 e. The highest BCUT2D eigenvalue weighted by atomic mass is 32.1. The van der Waals surface area contributed by atoms with Crippen LogP contribution in [0.3, 0.4) is 0 Å². The number of nitrogens with zero attached hydrogens (tertiary/aromatic N) is 7. The third-order valence-electron chi connectivity index (χ3n) is 8.45. The lowest BCUT2D eigenvalue weighted by Gasteiger charge is -2.12. The van der Waals surface area contributed by atoms with E-state index in [1.54, 1.807) is 24.5 Å². The summed E-state index contributed by atoms with van der Waals surface area (Å²) >= 11 is 1.57. The van der Waals surface area contributed by atoms with Crippen molar-refractivity contribution in [3.8, 4) is 24.3 Å². The number of rotatable bonds is 7. The minimum atomic E-state index is -0.343. The monoisotopic (exact) mass is 918 g/mol. The maximum absolute atomic E-state index is 11.5. The molecule has 0 unspecified atom stereocenters. The molecule has 1 N–H and O–H groups in total. The molecule has 0 aliphatic carbocycles. The number of ether oxygens (including phenoxy) is 1. The summed E-state index contributed by atoms with van der Waals surface area (Å²) in [6, 6.07) is 29.7. The van der Waals surface area contributed by atoms with Crippen LogP contribution >= 0.6 is 11.3 Å². The number of aromatic nitrogens is 3. The first-order valence-corrected chi connectivity index (χ1v) is 22.5. The third-order valence-corrected chi connectivity index (χ3v) is 9.52. The molecule has 0 aliphatic heterocycles. The molecule has 3 aromatic heterocycles. The predicted molar refractivity (Wildman–Crippen MR) is 270 cm³/mol. The van der Waals surface area contributed by atoms with Gasteiger partial charge in [-0.2, -0.15) is 21.0 Å². The van der Waals surface area contributed by atoms with Crippen LogP contribution in [0, 0.1) is 73.9 Å². The zero-order chi connectivity index (χ0) is 50.2. The van der Waals surface area contributed by atoms with Crippen LogP contribution in [0.15, 0.2) is 105 Å². The number of thiazole rings is 1. The summed E-state index contributed by atoms with van der Waals surface area (Å²) in [6.45, 7) is 27.1. The molecule has 6 aromatic rings. The second-order valence-corrected chi connectivity index (χ2v) is 20.9. The van der Waals surface area contributed by atoms with Crippen LogP contribution in [0.25, 0.3) is 49.1 Å². The minimum Gasteiger partial charge on any atom is -0.435 e. The first-order valence-electron chi connectivity index (χ1n) is 21.7. The Labute approximate surface area is 399 Å². The maximum Gasteiger partial charge on any atom is 0.261 e. The summed E-state index contributed by atoms with van der Waals surface area (Å²) in [5.74, 6) is 0.445. The molecular formula is C54H62N8O4S. The van der Waals surface area contributed by atoms with Gasteiger partial charge in [-0.3, -0.25) is 4.79 Å². The van der Waals surface area contributed by atoms with E-state index in [2.05, 4.69) is 59.2 Å². The van der Waals surface area contributed by atoms with Crippen LogP contribution < -0.4 is 5.32 Å². The number of hydrogen-bond donors (Lipinski definition) is 1. The van der Waals surface area contributed by atoms with Gasteiger partial charge in [-0.25, -0.2) is 15.0 Å². The Bertz CT molecular complexity index is 2760. The third kappa shape index (κ3) is 18.7. The lowest BCUT2D eigenvalue weighted by molar-refractivity contribution is -0.117. The first kappa shape index (κ1) is 54.2. The average Bonchev–Trinajstić information content (AvgIpc) is 3.99. The first-order chi connectivity index (χ1) is 31.3. The van der Waals surface area contributed by atoms with Gasteiger partial charge < -0.3 is 18.9 Å². The fourth-order valence-corrected chi connectivity index (χ4v) is 6.72. The van der Waals surface area contributed by atoms with Crippen LogP contribution in [0.4, 0.5) is 0 Å². The van der Waals surface area contributed by atoms with E-state index in [1.807, 2.05) is 160 Å². The minimum absolute atomic E-state index is 0.0110. The molecule has 3 aromatic carbocycles. The molecule has 0 saturated carbocycles. The highest BCUT2D eigenvalue weighted by Crippen LogP contribution is 2.31. The van der Waals surface area contributed by atoms with Crippen LogP contribution in [-0.4, -0.2) is 41.1 Å². The van der Waals surface area contributed by atoms with Crippen LogP contribution in [-0.2, 0) is 9.53 Å². The van der Waals surface area contributed by atoms with Crippen molar-refractivity contribution in [3.05, 3.63) is 119 Å². The van der Waals surface area contributed by atoms with Gasteiger partial charge in [0, 0.05) is 13.7 Å². The SMILES string of the molecule is CC(C)(C)/C=C(\C#N)c1nc2ccccc2o1.CC(C)(C)/C=C(\C#N)c1nc2ccccc2s1.COCCNC(=O)/C(C#N)=C/C(C)(C)C.Cc1ccc2nc(/C(C#N)=C/C(C)(C)C)oc2c1. The van der Waals surface area contributed by atoms with Crippen molar-refractivity contribution in [2.75, 3.05) is 20.3 Å². The fourth-order valence-electron chi connectivity index (χ4n) is 5.79. The molecule has 67 heavy (non-hydrogen) atoms. The van der Waals surface area contributed by atoms with Gasteiger partial charge in [-0.05, 0) is 70.5 Å². The number of hydrogen-bond acceptors (Lipinski definition) is 12. The molecule has 0 bridgehead atoms. The lowest BCUT2D eigenvalue weighted by Crippen LogP contribution is -2.28. The molecule has 3 heterocycles. The number of methoxy groups -OCH3 is 1. The Morgan fingerprint density at radius 2 is 1.10 bits per heavy atom. The van der Waals surface area contributed by atoms with Gasteiger partial charge in [-0.1, -0.05) is 138 Å². The maximum atomic E-state index is 11.5. The second kappa shape index (κ2) is 23.9. The Balaban J connectivity index is 0.000000238. The highest BCUT2D eigenvalue weighted by molar-refractivity contribution is 7.19. The van der Waals surface area contributed by atoms with Crippen molar-refractivity contribution in [2.45, 2.75) is 90.0 Å². The number of amides is 1. The molecule has 13 heteroatoms. The van der Waals surface area contributed by atoms with E-state index in [0.29, 0.717) is 47.2 Å². The normalized spacial score (nSPS) is 12.6. The molecule has 0 atom stereocenters. The molecule has 1 amide bonds. The second-order valence-electron chi connectivity index (χ2n) is 19.9. The van der Waals surface area contributed by atoms with E-state index in [1.165, 1.54) is 0 Å². The predicted octanol–water partition coefficient (Wildman–Crippen LogP) is 13.4. The average molecular weight is 919 g/mol. The zero-order valence-corrected chi connectivity index (χ0v) is 42.1. The summed E-state index contributed by atoms with van der Waals surface area (Å²) in [7, 11) is 1.56. The van der Waals surface area contributed by atoms with E-state index in [9.17, 15) is 15.3 Å². The number of nitrogens with one attached hydrogen (secondary N) is 1. The number of aryl methyl sites for hydroxylation is 1. The van der Waals surface area contributed by atoms with Crippen molar-refractivity contribution in [3.63, 3.8) is 0 Å². The van der Waals surface area contributed by atoms with Crippen LogP contribution in [0.5, 0.6) is 0 Å². The molecule has 0 radical (unpaired) electrons. The summed E-state index contributed by atoms with van der Waals surface area (Å²) in [5, 5.41) is 39.8. The number of oxazole rings is 2. The van der Waals surface area contributed by atoms with E-state index in [-0.39, 0.29) is 33.1 Å². The molecule has 6 rings (SSSR count). The van der Waals surface area contributed by atoms with Crippen molar-refractivity contribution >= 4 is 66.4 Å². The zero-order valence-electron chi connectivity index (χ0n) is 41.2. The van der Waals surface area contributed by atoms with Crippen molar-refractivity contribution in [1.82, 2.24) is 20.3 Å². The summed E-state index contributed by atoms with van der Waals surface area (Å²) in [5.41, 5.74) is 6.49. The number of allylic oxidation sites excluding steroid dienone is 7. The lowest BCUT2D eigenvalue weighted by atomic mass is 9.93. The summed E-state index contributed by atoms with van der Waals surface area (Å²) in [4.78, 5) is 24.6. The standard InChI is InChI=1S/C15H16N2O.C14H14N2O.C14H14N2S.C11H18N2O2/c1-10-5-6-12-13(7-10)18-14(17-12)11(9-16)8-15(2,3)4;2*1-14(2,3)8-10(9-15)13-16-11-6-4-5-7-12(11)17-13;1-11(2,3)7-9(8-12)10(14)13-5-6-15-4/h5-8H,1-4H3;2*4-8H,1-3H3;7H,5-6H2,1-4H3,(H,13,14)/b11-8+;2*10-8+;9-7+. The smallest absolute Gasteiger partial charge is 0.261 e. The Kier molecular flexibility index (Phi) is 19.3. The molecular weight excluding hydrogens is 857 g/mol. The van der Waals surface area contributed by atoms with E-state index < -0.39 is 0 Å². The Hall–Kier alpha value is -7.16. The number of benzene rings is 3. The van der Waals surface area contributed by atoms with Gasteiger partial charge in [0.1, 0.15) is 57.0 Å². The van der Waals surface area contributed by atoms with Crippen LogP contribution in [0.1, 0.15) is 105 Å². The Morgan fingerprint density at radius 1 is 0.627 bits per heavy atom. The number of carbonyl (C=O) groups is 1. The van der Waals surface area contributed by atoms with Crippen molar-refractivity contribution < 1.29 is 18.4 Å². The van der Waals surface area contributed by atoms with Gasteiger partial charge in [0.2, 0.25) is 11.8 Å². The fraction of sp³-hybridized carbons (Fsp3) is 0.370. The number of carbonyl (C=O) groups excluding carboxylic acids is 1. The Morgan fingerprint density at radius 3 is 1.58 bits per heavy atom. The molecule has 348 valence electrons. The topological polar surface area (TPSA) is 198 Å². The number of nitriles is 4. The molecule has 0 saturated heterocycles. The summed E-state index contributed by atoms with van der Waals surface area (Å²) < 4.78 is 17.1. The summed E-state index contributed by atoms with van der Waals surface area (Å²) in [6.07, 6.45) is 7.39. The van der Waals surface area contributed by atoms with Gasteiger partial charge in [-0.15, -0.1) is 11.3 Å². The van der Waals surface area contributed by atoms with Gasteiger partial charge in [0.15, 0.2) is 11.2 Å². The molecule has 0 spiro atoms. The molecule has 0 fully saturated rings. The van der Waals surface area contributed by atoms with Gasteiger partial charge >= 0.3 is 0 Å².